The number of anilines is 3. The molecule has 4 rings (SSSR count). The summed E-state index contributed by atoms with van der Waals surface area (Å²) in [4.78, 5) is 12.9. The zero-order valence-corrected chi connectivity index (χ0v) is 19.1. The van der Waals surface area contributed by atoms with Crippen LogP contribution in [0.25, 0.3) is 0 Å². The van der Waals surface area contributed by atoms with Crippen LogP contribution in [-0.4, -0.2) is 29.7 Å². The van der Waals surface area contributed by atoms with Gasteiger partial charge in [0.15, 0.2) is 11.0 Å². The number of ether oxygens (including phenoxy) is 1. The number of hydrogen-bond donors (Lipinski definition) is 2. The number of nitrogen functional groups attached to an aromatic ring is 1. The van der Waals surface area contributed by atoms with E-state index in [0.29, 0.717) is 39.3 Å². The van der Waals surface area contributed by atoms with Crippen molar-refractivity contribution in [2.45, 2.75) is 24.4 Å². The lowest BCUT2D eigenvalue weighted by Crippen LogP contribution is -2.07. The lowest BCUT2D eigenvalue weighted by molar-refractivity contribution is 0.290. The second-order valence-electron chi connectivity index (χ2n) is 6.84. The molecule has 2 aromatic carbocycles. The molecule has 164 valence electrons. The number of thioether (sulfide) groups is 1. The first-order valence-electron chi connectivity index (χ1n) is 9.71. The summed E-state index contributed by atoms with van der Waals surface area (Å²) < 4.78 is 7.61. The summed E-state index contributed by atoms with van der Waals surface area (Å²) in [5, 5.41) is 12.9. The summed E-state index contributed by atoms with van der Waals surface area (Å²) in [5.41, 5.74) is 7.88. The minimum Gasteiger partial charge on any atom is -0.484 e. The Hall–Kier alpha value is -3.37. The average molecular weight is 469 g/mol. The molecule has 0 radical (unpaired) electrons. The van der Waals surface area contributed by atoms with Gasteiger partial charge in [0.25, 0.3) is 0 Å². The topological polar surface area (TPSA) is 117 Å². The smallest absolute Gasteiger partial charge is 0.232 e. The molecule has 32 heavy (non-hydrogen) atoms. The van der Waals surface area contributed by atoms with E-state index in [2.05, 4.69) is 30.5 Å². The average Bonchev–Trinajstić information content (AvgIpc) is 3.12. The van der Waals surface area contributed by atoms with Crippen LogP contribution in [0.3, 0.4) is 0 Å². The highest BCUT2D eigenvalue weighted by Crippen LogP contribution is 2.25. The van der Waals surface area contributed by atoms with Crippen molar-refractivity contribution < 1.29 is 4.74 Å². The third-order valence-electron chi connectivity index (χ3n) is 4.54. The van der Waals surface area contributed by atoms with E-state index < -0.39 is 0 Å². The number of para-hydroxylation sites is 2. The molecule has 0 fully saturated rings. The molecule has 9 nitrogen and oxygen atoms in total. The van der Waals surface area contributed by atoms with Crippen molar-refractivity contribution in [3.63, 3.8) is 0 Å². The Morgan fingerprint density at radius 1 is 1.06 bits per heavy atom. The first-order chi connectivity index (χ1) is 15.5. The molecular formula is C21H21ClN8OS. The maximum Gasteiger partial charge on any atom is 0.232 e. The van der Waals surface area contributed by atoms with E-state index in [1.165, 1.54) is 11.8 Å². The lowest BCUT2D eigenvalue weighted by Gasteiger charge is -2.09. The molecule has 11 heteroatoms. The first-order valence-corrected chi connectivity index (χ1v) is 11.1. The van der Waals surface area contributed by atoms with Crippen LogP contribution in [0.5, 0.6) is 5.75 Å². The molecule has 2 aromatic heterocycles. The van der Waals surface area contributed by atoms with Crippen LogP contribution in [0.15, 0.2) is 53.7 Å². The molecule has 0 spiro atoms. The van der Waals surface area contributed by atoms with Gasteiger partial charge in [-0.05, 0) is 30.7 Å². The van der Waals surface area contributed by atoms with Crippen molar-refractivity contribution in [3.8, 4) is 5.75 Å². The summed E-state index contributed by atoms with van der Waals surface area (Å²) in [6.07, 6.45) is 0. The van der Waals surface area contributed by atoms with Crippen molar-refractivity contribution in [1.29, 1.82) is 0 Å². The zero-order chi connectivity index (χ0) is 22.5. The summed E-state index contributed by atoms with van der Waals surface area (Å²) in [7, 11) is 1.88. The summed E-state index contributed by atoms with van der Waals surface area (Å²) in [6.45, 7) is 2.25. The monoisotopic (exact) mass is 468 g/mol. The first kappa shape index (κ1) is 21.8. The third kappa shape index (κ3) is 5.27. The number of halogens is 1. The van der Waals surface area contributed by atoms with Crippen LogP contribution in [0.4, 0.5) is 17.6 Å². The zero-order valence-electron chi connectivity index (χ0n) is 17.5. The van der Waals surface area contributed by atoms with Crippen molar-refractivity contribution >= 4 is 40.9 Å². The number of nitrogens with one attached hydrogen (secondary N) is 1. The predicted molar refractivity (Wildman–Crippen MR) is 125 cm³/mol. The largest absolute Gasteiger partial charge is 0.484 e. The third-order valence-corrected chi connectivity index (χ3v) is 5.87. The van der Waals surface area contributed by atoms with E-state index in [1.807, 2.05) is 61.0 Å². The molecular weight excluding hydrogens is 448 g/mol. The number of benzene rings is 2. The quantitative estimate of drug-likeness (QED) is 0.367. The number of rotatable bonds is 8. The standard InChI is InChI=1S/C21H21ClN8OS/c1-13-7-3-5-9-15(13)24-20-26-17(25-19(23)27-20)12-32-21-29-28-18(30(21)2)11-31-16-10-6-4-8-14(16)22/h3-10H,11-12H2,1-2H3,(H3,23,24,25,26,27). The molecule has 2 heterocycles. The summed E-state index contributed by atoms with van der Waals surface area (Å²) >= 11 is 7.58. The van der Waals surface area contributed by atoms with Crippen LogP contribution in [-0.2, 0) is 19.4 Å². The van der Waals surface area contributed by atoms with Gasteiger partial charge in [-0.2, -0.15) is 15.0 Å². The molecule has 0 aliphatic carbocycles. The minimum atomic E-state index is 0.151. The van der Waals surface area contributed by atoms with Gasteiger partial charge in [0.2, 0.25) is 11.9 Å². The lowest BCUT2D eigenvalue weighted by atomic mass is 10.2. The Morgan fingerprint density at radius 2 is 1.84 bits per heavy atom. The summed E-state index contributed by atoms with van der Waals surface area (Å²) in [6, 6.07) is 15.2. The number of aromatic nitrogens is 6. The van der Waals surface area contributed by atoms with Crippen LogP contribution in [0.1, 0.15) is 17.2 Å². The van der Waals surface area contributed by atoms with E-state index in [0.717, 1.165) is 11.3 Å². The van der Waals surface area contributed by atoms with Gasteiger partial charge in [-0.15, -0.1) is 10.2 Å². The molecule has 4 aromatic rings. The fourth-order valence-corrected chi connectivity index (χ4v) is 3.80. The van der Waals surface area contributed by atoms with Crippen LogP contribution in [0.2, 0.25) is 5.02 Å². The van der Waals surface area contributed by atoms with Crippen LogP contribution in [0, 0.1) is 6.92 Å². The normalized spacial score (nSPS) is 10.8. The fourth-order valence-electron chi connectivity index (χ4n) is 2.82. The van der Waals surface area contributed by atoms with Gasteiger partial charge >= 0.3 is 0 Å². The van der Waals surface area contributed by atoms with Gasteiger partial charge in [-0.1, -0.05) is 53.7 Å². The minimum absolute atomic E-state index is 0.151. The van der Waals surface area contributed by atoms with Gasteiger partial charge in [-0.25, -0.2) is 0 Å². The van der Waals surface area contributed by atoms with Gasteiger partial charge in [-0.3, -0.25) is 0 Å². The van der Waals surface area contributed by atoms with E-state index in [1.54, 1.807) is 6.07 Å². The second-order valence-corrected chi connectivity index (χ2v) is 8.19. The second kappa shape index (κ2) is 9.84. The van der Waals surface area contributed by atoms with Crippen molar-refractivity contribution in [2.75, 3.05) is 11.1 Å². The maximum atomic E-state index is 6.13. The van der Waals surface area contributed by atoms with E-state index in [-0.39, 0.29) is 12.6 Å². The predicted octanol–water partition coefficient (Wildman–Crippen LogP) is 4.16. The molecule has 0 aliphatic heterocycles. The Morgan fingerprint density at radius 3 is 2.66 bits per heavy atom. The number of nitrogens with zero attached hydrogens (tertiary/aromatic N) is 6. The molecule has 0 saturated carbocycles. The van der Waals surface area contributed by atoms with Gasteiger partial charge in [0.05, 0.1) is 10.8 Å². The Bertz CT molecular complexity index is 1230. The van der Waals surface area contributed by atoms with Crippen LogP contribution >= 0.6 is 23.4 Å². The van der Waals surface area contributed by atoms with Gasteiger partial charge in [0, 0.05) is 12.7 Å². The van der Waals surface area contributed by atoms with E-state index in [4.69, 9.17) is 22.1 Å². The fraction of sp³-hybridized carbons (Fsp3) is 0.190. The van der Waals surface area contributed by atoms with Crippen molar-refractivity contribution in [1.82, 2.24) is 29.7 Å². The molecule has 0 saturated heterocycles. The highest BCUT2D eigenvalue weighted by molar-refractivity contribution is 7.98. The van der Waals surface area contributed by atoms with Crippen molar-refractivity contribution in [3.05, 3.63) is 70.8 Å². The number of aryl methyl sites for hydroxylation is 1. The Labute approximate surface area is 194 Å². The van der Waals surface area contributed by atoms with E-state index in [9.17, 15) is 0 Å². The molecule has 0 aliphatic rings. The number of hydrogen-bond acceptors (Lipinski definition) is 9. The van der Waals surface area contributed by atoms with E-state index >= 15 is 0 Å². The molecule has 0 amide bonds. The molecule has 0 atom stereocenters. The molecule has 0 unspecified atom stereocenters. The summed E-state index contributed by atoms with van der Waals surface area (Å²) in [5.74, 6) is 2.81. The highest BCUT2D eigenvalue weighted by atomic mass is 35.5. The number of nitrogens with two attached hydrogens (primary N) is 1. The van der Waals surface area contributed by atoms with Crippen LogP contribution < -0.4 is 15.8 Å². The van der Waals surface area contributed by atoms with Gasteiger partial charge in [0.1, 0.15) is 18.2 Å². The SMILES string of the molecule is Cc1ccccc1Nc1nc(N)nc(CSc2nnc(COc3ccccc3Cl)n2C)n1. The molecule has 0 bridgehead atoms. The van der Waals surface area contributed by atoms with Gasteiger partial charge < -0.3 is 20.4 Å². The Kier molecular flexibility index (Phi) is 6.72. The molecule has 3 N–H and O–H groups in total. The Balaban J connectivity index is 1.41. The van der Waals surface area contributed by atoms with Crippen molar-refractivity contribution in [2.24, 2.45) is 7.05 Å². The maximum absolute atomic E-state index is 6.13. The highest BCUT2D eigenvalue weighted by Gasteiger charge is 2.13.